The van der Waals surface area contributed by atoms with E-state index in [4.69, 9.17) is 0 Å². The molecule has 0 radical (unpaired) electrons. The summed E-state index contributed by atoms with van der Waals surface area (Å²) in [6, 6.07) is 9.96. The van der Waals surface area contributed by atoms with E-state index in [-0.39, 0.29) is 29.3 Å². The molecular weight excluding hydrogens is 419 g/mol. The van der Waals surface area contributed by atoms with Gasteiger partial charge in [-0.15, -0.1) is 0 Å². The molecule has 31 heavy (non-hydrogen) atoms. The van der Waals surface area contributed by atoms with Crippen molar-refractivity contribution in [1.82, 2.24) is 0 Å². The van der Waals surface area contributed by atoms with Crippen molar-refractivity contribution < 1.29 is 31.5 Å². The van der Waals surface area contributed by atoms with Gasteiger partial charge >= 0.3 is 12.8 Å². The number of aliphatic imine (C=N–C) groups is 1. The summed E-state index contributed by atoms with van der Waals surface area (Å²) in [5.41, 5.74) is -0.362. The summed E-state index contributed by atoms with van der Waals surface area (Å²) in [7, 11) is 0. The first kappa shape index (κ1) is 22.7. The molecule has 1 heterocycles. The first-order valence-electron chi connectivity index (χ1n) is 9.80. The number of hydrogen-bond donors (Lipinski definition) is 0. The molecule has 9 heteroatoms. The molecule has 0 bridgehead atoms. The highest BCUT2D eigenvalue weighted by Crippen LogP contribution is 2.32. The highest BCUT2D eigenvalue weighted by molar-refractivity contribution is 6.07. The summed E-state index contributed by atoms with van der Waals surface area (Å²) < 4.78 is 68.5. The zero-order chi connectivity index (χ0) is 22.4. The SMILES string of the molecule is O=C(CN(C1=NCCCCC1)c1cccc(C(F)(F)F)c1)c1ccc(OC(F)F)cc1. The second kappa shape index (κ2) is 9.89. The zero-order valence-corrected chi connectivity index (χ0v) is 16.5. The third-order valence-electron chi connectivity index (χ3n) is 4.85. The van der Waals surface area contributed by atoms with Crippen molar-refractivity contribution in [1.29, 1.82) is 0 Å². The van der Waals surface area contributed by atoms with E-state index in [0.29, 0.717) is 18.8 Å². The molecule has 1 aliphatic heterocycles. The third-order valence-corrected chi connectivity index (χ3v) is 4.85. The van der Waals surface area contributed by atoms with E-state index >= 15 is 0 Å². The van der Waals surface area contributed by atoms with Crippen LogP contribution < -0.4 is 9.64 Å². The Morgan fingerprint density at radius 3 is 2.48 bits per heavy atom. The van der Waals surface area contributed by atoms with Gasteiger partial charge in [-0.1, -0.05) is 12.5 Å². The summed E-state index contributed by atoms with van der Waals surface area (Å²) in [5.74, 6) is 0.0882. The topological polar surface area (TPSA) is 41.9 Å². The van der Waals surface area contributed by atoms with E-state index in [0.717, 1.165) is 31.4 Å². The highest BCUT2D eigenvalue weighted by atomic mass is 19.4. The van der Waals surface area contributed by atoms with Crippen LogP contribution in [0.15, 0.2) is 53.5 Å². The molecule has 0 saturated carbocycles. The molecule has 166 valence electrons. The largest absolute Gasteiger partial charge is 0.435 e. The fourth-order valence-corrected chi connectivity index (χ4v) is 3.32. The molecular formula is C22H21F5N2O2. The number of alkyl halides is 5. The molecule has 0 fully saturated rings. The predicted octanol–water partition coefficient (Wildman–Crippen LogP) is 5.97. The lowest BCUT2D eigenvalue weighted by atomic mass is 10.1. The fourth-order valence-electron chi connectivity index (χ4n) is 3.32. The van der Waals surface area contributed by atoms with Crippen LogP contribution in [0.2, 0.25) is 0 Å². The lowest BCUT2D eigenvalue weighted by Gasteiger charge is -2.26. The van der Waals surface area contributed by atoms with Crippen molar-refractivity contribution in [2.45, 2.75) is 38.5 Å². The molecule has 0 atom stereocenters. The average Bonchev–Trinajstić information content (AvgIpc) is 3.01. The summed E-state index contributed by atoms with van der Waals surface area (Å²) >= 11 is 0. The Hall–Kier alpha value is -2.97. The number of benzene rings is 2. The molecule has 0 N–H and O–H groups in total. The Morgan fingerprint density at radius 1 is 1.06 bits per heavy atom. The van der Waals surface area contributed by atoms with E-state index in [1.165, 1.54) is 41.3 Å². The molecule has 0 saturated heterocycles. The van der Waals surface area contributed by atoms with Crippen LogP contribution in [0.1, 0.15) is 41.6 Å². The molecule has 0 unspecified atom stereocenters. The standard InChI is InChI=1S/C22H21F5N2O2/c23-21(24)31-18-10-8-15(9-11-18)19(30)14-29(20-7-2-1-3-12-28-20)17-6-4-5-16(13-17)22(25,26)27/h4-6,8-11,13,21H,1-3,7,12,14H2. The van der Waals surface area contributed by atoms with E-state index in [1.54, 1.807) is 0 Å². The van der Waals surface area contributed by atoms with Crippen molar-refractivity contribution in [2.75, 3.05) is 18.0 Å². The van der Waals surface area contributed by atoms with Crippen LogP contribution in [0.25, 0.3) is 0 Å². The van der Waals surface area contributed by atoms with Crippen molar-refractivity contribution >= 4 is 17.3 Å². The number of rotatable bonds is 6. The van der Waals surface area contributed by atoms with Crippen LogP contribution >= 0.6 is 0 Å². The minimum Gasteiger partial charge on any atom is -0.435 e. The maximum atomic E-state index is 13.2. The smallest absolute Gasteiger partial charge is 0.416 e. The second-order valence-electron chi connectivity index (χ2n) is 7.07. The molecule has 0 aliphatic carbocycles. The average molecular weight is 440 g/mol. The van der Waals surface area contributed by atoms with Gasteiger partial charge in [-0.2, -0.15) is 22.0 Å². The Balaban J connectivity index is 1.88. The number of hydrogen-bond acceptors (Lipinski definition) is 4. The number of Topliss-reactive ketones (excluding diaryl/α,β-unsaturated/α-hetero) is 1. The van der Waals surface area contributed by atoms with Gasteiger partial charge in [0, 0.05) is 24.2 Å². The number of ether oxygens (including phenoxy) is 1. The summed E-state index contributed by atoms with van der Waals surface area (Å²) in [4.78, 5) is 18.9. The van der Waals surface area contributed by atoms with Gasteiger partial charge in [-0.25, -0.2) is 0 Å². The monoisotopic (exact) mass is 440 g/mol. The van der Waals surface area contributed by atoms with Gasteiger partial charge < -0.3 is 9.64 Å². The molecule has 0 aromatic heterocycles. The molecule has 2 aromatic carbocycles. The Bertz CT molecular complexity index is 926. The second-order valence-corrected chi connectivity index (χ2v) is 7.07. The van der Waals surface area contributed by atoms with Crippen LogP contribution in [0, 0.1) is 0 Å². The quantitative estimate of drug-likeness (QED) is 0.411. The lowest BCUT2D eigenvalue weighted by molar-refractivity contribution is -0.137. The van der Waals surface area contributed by atoms with Crippen molar-refractivity contribution in [2.24, 2.45) is 4.99 Å². The first-order valence-corrected chi connectivity index (χ1v) is 9.80. The van der Waals surface area contributed by atoms with Gasteiger partial charge in [0.15, 0.2) is 5.78 Å². The summed E-state index contributed by atoms with van der Waals surface area (Å²) in [5, 5.41) is 0. The van der Waals surface area contributed by atoms with Crippen LogP contribution in [-0.2, 0) is 6.18 Å². The van der Waals surface area contributed by atoms with E-state index in [1.807, 2.05) is 0 Å². The number of carbonyl (C=O) groups excluding carboxylic acids is 1. The minimum atomic E-state index is -4.52. The molecule has 2 aromatic rings. The van der Waals surface area contributed by atoms with Gasteiger partial charge in [-0.3, -0.25) is 9.79 Å². The molecule has 0 spiro atoms. The van der Waals surface area contributed by atoms with E-state index < -0.39 is 18.4 Å². The van der Waals surface area contributed by atoms with E-state index in [2.05, 4.69) is 9.73 Å². The fraction of sp³-hybridized carbons (Fsp3) is 0.364. The van der Waals surface area contributed by atoms with Crippen LogP contribution in [0.5, 0.6) is 5.75 Å². The van der Waals surface area contributed by atoms with Gasteiger partial charge in [-0.05, 0) is 55.3 Å². The van der Waals surface area contributed by atoms with Gasteiger partial charge in [0.25, 0.3) is 0 Å². The van der Waals surface area contributed by atoms with Crippen molar-refractivity contribution in [3.05, 3.63) is 59.7 Å². The van der Waals surface area contributed by atoms with Gasteiger partial charge in [0.05, 0.1) is 12.1 Å². The van der Waals surface area contributed by atoms with Crippen molar-refractivity contribution in [3.8, 4) is 5.75 Å². The maximum Gasteiger partial charge on any atom is 0.416 e. The molecule has 1 aliphatic rings. The summed E-state index contributed by atoms with van der Waals surface area (Å²) in [6.45, 7) is -2.67. The van der Waals surface area contributed by atoms with E-state index in [9.17, 15) is 26.7 Å². The number of ketones is 1. The highest BCUT2D eigenvalue weighted by Gasteiger charge is 2.31. The maximum absolute atomic E-state index is 13.2. The minimum absolute atomic E-state index is 0.0885. The van der Waals surface area contributed by atoms with Gasteiger partial charge in [0.1, 0.15) is 11.6 Å². The first-order chi connectivity index (χ1) is 14.7. The van der Waals surface area contributed by atoms with Crippen LogP contribution in [0.4, 0.5) is 27.6 Å². The predicted molar refractivity (Wildman–Crippen MR) is 107 cm³/mol. The van der Waals surface area contributed by atoms with Crippen LogP contribution in [-0.4, -0.2) is 31.3 Å². The number of nitrogens with zero attached hydrogens (tertiary/aromatic N) is 2. The Labute approximate surface area is 176 Å². The number of carbonyl (C=O) groups is 1. The lowest BCUT2D eigenvalue weighted by Crippen LogP contribution is -2.36. The molecule has 0 amide bonds. The molecule has 4 nitrogen and oxygen atoms in total. The number of amidine groups is 1. The van der Waals surface area contributed by atoms with Gasteiger partial charge in [0.2, 0.25) is 0 Å². The van der Waals surface area contributed by atoms with Crippen LogP contribution in [0.3, 0.4) is 0 Å². The van der Waals surface area contributed by atoms with Crippen molar-refractivity contribution in [3.63, 3.8) is 0 Å². The zero-order valence-electron chi connectivity index (χ0n) is 16.5. The normalized spacial score (nSPS) is 14.7. The number of halogens is 5. The summed E-state index contributed by atoms with van der Waals surface area (Å²) in [6.07, 6.45) is -1.33. The third kappa shape index (κ3) is 6.26. The molecule has 3 rings (SSSR count). The Morgan fingerprint density at radius 2 is 1.81 bits per heavy atom. The Kier molecular flexibility index (Phi) is 7.25. The number of anilines is 1.